The Labute approximate surface area is 62.2 Å². The van der Waals surface area contributed by atoms with E-state index >= 15 is 0 Å². The van der Waals surface area contributed by atoms with E-state index in [2.05, 4.69) is 11.9 Å². The van der Waals surface area contributed by atoms with Crippen molar-refractivity contribution in [3.63, 3.8) is 0 Å². The lowest BCUT2D eigenvalue weighted by Gasteiger charge is -2.52. The first-order valence-electron chi connectivity index (χ1n) is 4.19. The summed E-state index contributed by atoms with van der Waals surface area (Å²) in [6.45, 7) is 2.20. The Kier molecular flexibility index (Phi) is 1.46. The van der Waals surface area contributed by atoms with Crippen LogP contribution in [0.3, 0.4) is 0 Å². The molecule has 2 heterocycles. The molecule has 0 aromatic rings. The minimum atomic E-state index is 0.193. The molecule has 10 heavy (non-hydrogen) atoms. The van der Waals surface area contributed by atoms with Crippen LogP contribution >= 0.6 is 0 Å². The van der Waals surface area contributed by atoms with Crippen molar-refractivity contribution in [3.05, 3.63) is 0 Å². The minimum absolute atomic E-state index is 0.193. The second-order valence-electron chi connectivity index (χ2n) is 3.42. The Morgan fingerprint density at radius 2 is 2.20 bits per heavy atom. The van der Waals surface area contributed by atoms with E-state index in [1.54, 1.807) is 0 Å². The lowest BCUT2D eigenvalue weighted by molar-refractivity contribution is -0.227. The molecule has 2 aliphatic heterocycles. The SMILES string of the molecule is CN1CCC12CCCCO2. The normalized spacial score (nSPS) is 41.7. The molecule has 0 aliphatic carbocycles. The minimum Gasteiger partial charge on any atom is -0.360 e. The highest BCUT2D eigenvalue weighted by Gasteiger charge is 2.44. The molecular weight excluding hydrogens is 126 g/mol. The van der Waals surface area contributed by atoms with Crippen molar-refractivity contribution in [1.82, 2.24) is 4.90 Å². The van der Waals surface area contributed by atoms with Crippen molar-refractivity contribution < 1.29 is 4.74 Å². The number of rotatable bonds is 0. The summed E-state index contributed by atoms with van der Waals surface area (Å²) in [5.74, 6) is 0. The van der Waals surface area contributed by atoms with Crippen LogP contribution in [0.15, 0.2) is 0 Å². The van der Waals surface area contributed by atoms with Gasteiger partial charge in [0.1, 0.15) is 5.72 Å². The summed E-state index contributed by atoms with van der Waals surface area (Å²) in [6, 6.07) is 0. The van der Waals surface area contributed by atoms with Crippen LogP contribution in [0, 0.1) is 0 Å². The van der Waals surface area contributed by atoms with Crippen molar-refractivity contribution in [2.45, 2.75) is 31.4 Å². The molecule has 1 unspecified atom stereocenters. The van der Waals surface area contributed by atoms with Gasteiger partial charge in [-0.25, -0.2) is 0 Å². The van der Waals surface area contributed by atoms with Gasteiger partial charge in [-0.05, 0) is 26.3 Å². The van der Waals surface area contributed by atoms with Crippen molar-refractivity contribution in [1.29, 1.82) is 0 Å². The van der Waals surface area contributed by atoms with Crippen molar-refractivity contribution >= 4 is 0 Å². The average Bonchev–Trinajstić information content (AvgIpc) is 2.04. The van der Waals surface area contributed by atoms with E-state index in [1.165, 1.54) is 32.2 Å². The Morgan fingerprint density at radius 3 is 2.50 bits per heavy atom. The van der Waals surface area contributed by atoms with Crippen LogP contribution in [0.4, 0.5) is 0 Å². The highest BCUT2D eigenvalue weighted by Crippen LogP contribution is 2.37. The molecule has 0 bridgehead atoms. The zero-order chi connectivity index (χ0) is 7.03. The van der Waals surface area contributed by atoms with Gasteiger partial charge in [0, 0.05) is 19.6 Å². The number of nitrogens with zero attached hydrogens (tertiary/aromatic N) is 1. The van der Waals surface area contributed by atoms with Crippen LogP contribution in [0.1, 0.15) is 25.7 Å². The molecule has 0 saturated carbocycles. The first-order chi connectivity index (χ1) is 4.83. The first-order valence-corrected chi connectivity index (χ1v) is 4.19. The number of ether oxygens (including phenoxy) is 1. The van der Waals surface area contributed by atoms with Gasteiger partial charge in [-0.3, -0.25) is 4.90 Å². The van der Waals surface area contributed by atoms with E-state index in [0.29, 0.717) is 0 Å². The van der Waals surface area contributed by atoms with E-state index in [-0.39, 0.29) is 5.72 Å². The van der Waals surface area contributed by atoms with Crippen molar-refractivity contribution in [2.24, 2.45) is 0 Å². The first kappa shape index (κ1) is 6.62. The molecule has 2 fully saturated rings. The molecular formula is C8H15NO. The predicted molar refractivity (Wildman–Crippen MR) is 39.8 cm³/mol. The molecule has 2 nitrogen and oxygen atoms in total. The van der Waals surface area contributed by atoms with E-state index in [4.69, 9.17) is 4.74 Å². The van der Waals surface area contributed by atoms with Gasteiger partial charge < -0.3 is 4.74 Å². The number of hydrogen-bond acceptors (Lipinski definition) is 2. The average molecular weight is 141 g/mol. The van der Waals surface area contributed by atoms with Gasteiger partial charge >= 0.3 is 0 Å². The summed E-state index contributed by atoms with van der Waals surface area (Å²) in [5, 5.41) is 0. The third-order valence-electron chi connectivity index (χ3n) is 2.87. The van der Waals surface area contributed by atoms with Crippen LogP contribution in [0.5, 0.6) is 0 Å². The molecule has 1 atom stereocenters. The van der Waals surface area contributed by atoms with Gasteiger partial charge in [-0.1, -0.05) is 0 Å². The molecule has 0 aromatic carbocycles. The van der Waals surface area contributed by atoms with E-state index in [9.17, 15) is 0 Å². The summed E-state index contributed by atoms with van der Waals surface area (Å²) in [7, 11) is 2.16. The largest absolute Gasteiger partial charge is 0.360 e. The topological polar surface area (TPSA) is 12.5 Å². The van der Waals surface area contributed by atoms with Crippen LogP contribution < -0.4 is 0 Å². The molecule has 2 heteroatoms. The fraction of sp³-hybridized carbons (Fsp3) is 1.00. The highest BCUT2D eigenvalue weighted by molar-refractivity contribution is 4.91. The van der Waals surface area contributed by atoms with Gasteiger partial charge in [-0.15, -0.1) is 0 Å². The molecule has 2 saturated heterocycles. The quantitative estimate of drug-likeness (QED) is 0.503. The maximum atomic E-state index is 5.74. The van der Waals surface area contributed by atoms with Gasteiger partial charge in [0.2, 0.25) is 0 Å². The second-order valence-corrected chi connectivity index (χ2v) is 3.42. The van der Waals surface area contributed by atoms with Crippen molar-refractivity contribution in [2.75, 3.05) is 20.2 Å². The fourth-order valence-corrected chi connectivity index (χ4v) is 1.92. The summed E-state index contributed by atoms with van der Waals surface area (Å²) in [5.41, 5.74) is 0.193. The lowest BCUT2D eigenvalue weighted by Crippen LogP contribution is -2.60. The Bertz CT molecular complexity index is 129. The third kappa shape index (κ3) is 0.789. The van der Waals surface area contributed by atoms with Crippen LogP contribution in [-0.2, 0) is 4.74 Å². The van der Waals surface area contributed by atoms with Crippen LogP contribution in [0.2, 0.25) is 0 Å². The van der Waals surface area contributed by atoms with Crippen LogP contribution in [0.25, 0.3) is 0 Å². The Hall–Kier alpha value is -0.0800. The maximum Gasteiger partial charge on any atom is 0.122 e. The maximum absolute atomic E-state index is 5.74. The zero-order valence-corrected chi connectivity index (χ0v) is 6.60. The fourth-order valence-electron chi connectivity index (χ4n) is 1.92. The summed E-state index contributed by atoms with van der Waals surface area (Å²) < 4.78 is 5.74. The smallest absolute Gasteiger partial charge is 0.122 e. The number of likely N-dealkylation sites (tertiary alicyclic amines) is 1. The van der Waals surface area contributed by atoms with E-state index < -0.39 is 0 Å². The molecule has 0 amide bonds. The summed E-state index contributed by atoms with van der Waals surface area (Å²) in [6.07, 6.45) is 5.12. The summed E-state index contributed by atoms with van der Waals surface area (Å²) in [4.78, 5) is 2.34. The molecule has 0 radical (unpaired) electrons. The molecule has 0 aromatic heterocycles. The standard InChI is InChI=1S/C8H15NO/c1-9-6-5-8(9)4-2-3-7-10-8/h2-7H2,1H3. The van der Waals surface area contributed by atoms with Gasteiger partial charge in [-0.2, -0.15) is 0 Å². The molecule has 0 N–H and O–H groups in total. The Balaban J connectivity index is 1.99. The molecule has 1 spiro atoms. The zero-order valence-electron chi connectivity index (χ0n) is 6.60. The molecule has 58 valence electrons. The second kappa shape index (κ2) is 2.21. The Morgan fingerprint density at radius 1 is 1.30 bits per heavy atom. The van der Waals surface area contributed by atoms with Gasteiger partial charge in [0.05, 0.1) is 0 Å². The van der Waals surface area contributed by atoms with Crippen molar-refractivity contribution in [3.8, 4) is 0 Å². The van der Waals surface area contributed by atoms with Gasteiger partial charge in [0.25, 0.3) is 0 Å². The predicted octanol–water partition coefficient (Wildman–Crippen LogP) is 1.22. The lowest BCUT2D eigenvalue weighted by atomic mass is 9.91. The summed E-state index contributed by atoms with van der Waals surface area (Å²) >= 11 is 0. The van der Waals surface area contributed by atoms with Gasteiger partial charge in [0.15, 0.2) is 0 Å². The van der Waals surface area contributed by atoms with E-state index in [1.807, 2.05) is 0 Å². The molecule has 2 aliphatic rings. The van der Waals surface area contributed by atoms with E-state index in [0.717, 1.165) is 6.61 Å². The third-order valence-corrected chi connectivity index (χ3v) is 2.87. The monoisotopic (exact) mass is 141 g/mol. The molecule has 2 rings (SSSR count). The van der Waals surface area contributed by atoms with Crippen LogP contribution in [-0.4, -0.2) is 30.8 Å². The number of hydrogen-bond donors (Lipinski definition) is 0. The highest BCUT2D eigenvalue weighted by atomic mass is 16.5.